The van der Waals surface area contributed by atoms with Gasteiger partial charge in [0.15, 0.2) is 0 Å². The standard InChI is InChI=1S/C24H31N3O5S/c1-5-15-25-24(29)19(2)27(17-21-11-13-22(32-3)14-12-21)23(28)18-26(33(4,30)31)16-20-9-7-6-8-10-20/h5-14,19H,1,15-18H2,2-4H3,(H,25,29). The summed E-state index contributed by atoms with van der Waals surface area (Å²) >= 11 is 0. The molecule has 0 bridgehead atoms. The molecule has 8 nitrogen and oxygen atoms in total. The summed E-state index contributed by atoms with van der Waals surface area (Å²) in [5.41, 5.74) is 1.54. The van der Waals surface area contributed by atoms with Crippen LogP contribution < -0.4 is 10.1 Å². The first-order valence-electron chi connectivity index (χ1n) is 10.5. The van der Waals surface area contributed by atoms with E-state index in [9.17, 15) is 18.0 Å². The Labute approximate surface area is 195 Å². The minimum atomic E-state index is -3.68. The lowest BCUT2D eigenvalue weighted by atomic mass is 10.1. The van der Waals surface area contributed by atoms with Gasteiger partial charge in [0.2, 0.25) is 21.8 Å². The second-order valence-electron chi connectivity index (χ2n) is 7.60. The molecule has 178 valence electrons. The predicted octanol–water partition coefficient (Wildman–Crippen LogP) is 2.18. The number of carbonyl (C=O) groups excluding carboxylic acids is 2. The van der Waals surface area contributed by atoms with Crippen molar-refractivity contribution in [3.63, 3.8) is 0 Å². The molecule has 0 saturated heterocycles. The maximum Gasteiger partial charge on any atom is 0.242 e. The van der Waals surface area contributed by atoms with E-state index in [1.54, 1.807) is 68.6 Å². The van der Waals surface area contributed by atoms with Crippen molar-refractivity contribution in [2.45, 2.75) is 26.1 Å². The molecule has 9 heteroatoms. The number of nitrogens with one attached hydrogen (secondary N) is 1. The summed E-state index contributed by atoms with van der Waals surface area (Å²) in [7, 11) is -2.12. The third-order valence-corrected chi connectivity index (χ3v) is 6.28. The van der Waals surface area contributed by atoms with Crippen molar-refractivity contribution < 1.29 is 22.7 Å². The van der Waals surface area contributed by atoms with Crippen molar-refractivity contribution in [3.8, 4) is 5.75 Å². The van der Waals surface area contributed by atoms with Crippen LogP contribution in [0.1, 0.15) is 18.1 Å². The lowest BCUT2D eigenvalue weighted by Gasteiger charge is -2.31. The molecule has 0 spiro atoms. The molecule has 2 aromatic carbocycles. The maximum absolute atomic E-state index is 13.3. The summed E-state index contributed by atoms with van der Waals surface area (Å²) in [5.74, 6) is -0.168. The van der Waals surface area contributed by atoms with Crippen LogP contribution in [0.2, 0.25) is 0 Å². The zero-order valence-corrected chi connectivity index (χ0v) is 20.0. The molecule has 2 amide bonds. The first-order valence-corrected chi connectivity index (χ1v) is 12.3. The number of sulfonamides is 1. The number of hydrogen-bond donors (Lipinski definition) is 1. The third-order valence-electron chi connectivity index (χ3n) is 5.08. The summed E-state index contributed by atoms with van der Waals surface area (Å²) < 4.78 is 31.1. The molecular weight excluding hydrogens is 442 g/mol. The van der Waals surface area contributed by atoms with Gasteiger partial charge in [0.25, 0.3) is 0 Å². The van der Waals surface area contributed by atoms with Crippen molar-refractivity contribution in [1.29, 1.82) is 0 Å². The van der Waals surface area contributed by atoms with Gasteiger partial charge >= 0.3 is 0 Å². The van der Waals surface area contributed by atoms with Crippen LogP contribution in [-0.2, 0) is 32.7 Å². The number of carbonyl (C=O) groups is 2. The second kappa shape index (κ2) is 12.2. The molecule has 0 aliphatic carbocycles. The highest BCUT2D eigenvalue weighted by Crippen LogP contribution is 2.16. The molecule has 0 fully saturated rings. The lowest BCUT2D eigenvalue weighted by molar-refractivity contribution is -0.140. The van der Waals surface area contributed by atoms with Gasteiger partial charge in [0.1, 0.15) is 11.8 Å². The van der Waals surface area contributed by atoms with Gasteiger partial charge in [-0.3, -0.25) is 9.59 Å². The number of ether oxygens (including phenoxy) is 1. The Kier molecular flexibility index (Phi) is 9.62. The highest BCUT2D eigenvalue weighted by Gasteiger charge is 2.29. The Balaban J connectivity index is 2.28. The molecule has 0 aliphatic heterocycles. The van der Waals surface area contributed by atoms with Crippen LogP contribution in [0.5, 0.6) is 5.75 Å². The molecule has 0 aliphatic rings. The van der Waals surface area contributed by atoms with E-state index >= 15 is 0 Å². The molecule has 0 radical (unpaired) electrons. The van der Waals surface area contributed by atoms with Crippen LogP contribution in [0.25, 0.3) is 0 Å². The van der Waals surface area contributed by atoms with Crippen LogP contribution in [-0.4, -0.2) is 61.9 Å². The van der Waals surface area contributed by atoms with Crippen molar-refractivity contribution in [2.24, 2.45) is 0 Å². The third kappa shape index (κ3) is 8.03. The summed E-state index contributed by atoms with van der Waals surface area (Å²) in [6, 6.07) is 15.3. The number of nitrogens with zero attached hydrogens (tertiary/aromatic N) is 2. The zero-order valence-electron chi connectivity index (χ0n) is 19.2. The first kappa shape index (κ1) is 26.1. The predicted molar refractivity (Wildman–Crippen MR) is 128 cm³/mol. The van der Waals surface area contributed by atoms with Crippen LogP contribution in [0.15, 0.2) is 67.3 Å². The van der Waals surface area contributed by atoms with E-state index in [1.807, 2.05) is 6.07 Å². The van der Waals surface area contributed by atoms with E-state index in [2.05, 4.69) is 11.9 Å². The van der Waals surface area contributed by atoms with E-state index in [0.29, 0.717) is 5.75 Å². The number of hydrogen-bond acceptors (Lipinski definition) is 5. The zero-order chi connectivity index (χ0) is 24.4. The molecule has 0 saturated carbocycles. The fraction of sp³-hybridized carbons (Fsp3) is 0.333. The fourth-order valence-corrected chi connectivity index (χ4v) is 3.88. The number of rotatable bonds is 12. The average molecular weight is 474 g/mol. The first-order chi connectivity index (χ1) is 15.7. The average Bonchev–Trinajstić information content (AvgIpc) is 2.80. The SMILES string of the molecule is C=CCNC(=O)C(C)N(Cc1ccc(OC)cc1)C(=O)CN(Cc1ccccc1)S(C)(=O)=O. The monoisotopic (exact) mass is 473 g/mol. The highest BCUT2D eigenvalue weighted by atomic mass is 32.2. The molecular formula is C24H31N3O5S. The summed E-state index contributed by atoms with van der Waals surface area (Å²) in [5, 5.41) is 2.69. The second-order valence-corrected chi connectivity index (χ2v) is 9.58. The van der Waals surface area contributed by atoms with Crippen LogP contribution in [0, 0.1) is 0 Å². The van der Waals surface area contributed by atoms with Crippen LogP contribution >= 0.6 is 0 Å². The van der Waals surface area contributed by atoms with E-state index in [-0.39, 0.29) is 32.1 Å². The Morgan fingerprint density at radius 1 is 1.06 bits per heavy atom. The summed E-state index contributed by atoms with van der Waals surface area (Å²) in [6.07, 6.45) is 2.61. The molecule has 1 N–H and O–H groups in total. The summed E-state index contributed by atoms with van der Waals surface area (Å²) in [6.45, 7) is 5.26. The van der Waals surface area contributed by atoms with Gasteiger partial charge in [0.05, 0.1) is 19.9 Å². The molecule has 1 atom stereocenters. The minimum absolute atomic E-state index is 0.0544. The van der Waals surface area contributed by atoms with Crippen molar-refractivity contribution in [1.82, 2.24) is 14.5 Å². The molecule has 33 heavy (non-hydrogen) atoms. The highest BCUT2D eigenvalue weighted by molar-refractivity contribution is 7.88. The Bertz CT molecular complexity index is 1040. The Hall–Kier alpha value is -3.17. The van der Waals surface area contributed by atoms with Gasteiger partial charge in [-0.05, 0) is 30.2 Å². The van der Waals surface area contributed by atoms with Gasteiger partial charge in [-0.15, -0.1) is 6.58 Å². The maximum atomic E-state index is 13.3. The van der Waals surface area contributed by atoms with Crippen LogP contribution in [0.4, 0.5) is 0 Å². The van der Waals surface area contributed by atoms with Crippen molar-refractivity contribution in [2.75, 3.05) is 26.5 Å². The van der Waals surface area contributed by atoms with Gasteiger partial charge < -0.3 is 15.0 Å². The normalized spacial score (nSPS) is 12.1. The summed E-state index contributed by atoms with van der Waals surface area (Å²) in [4.78, 5) is 27.3. The van der Waals surface area contributed by atoms with Gasteiger partial charge in [0, 0.05) is 19.6 Å². The van der Waals surface area contributed by atoms with Gasteiger partial charge in [-0.25, -0.2) is 8.42 Å². The molecule has 2 rings (SSSR count). The van der Waals surface area contributed by atoms with E-state index < -0.39 is 22.0 Å². The van der Waals surface area contributed by atoms with E-state index in [0.717, 1.165) is 21.7 Å². The Morgan fingerprint density at radius 3 is 2.21 bits per heavy atom. The minimum Gasteiger partial charge on any atom is -0.497 e. The van der Waals surface area contributed by atoms with Crippen molar-refractivity contribution >= 4 is 21.8 Å². The van der Waals surface area contributed by atoms with Gasteiger partial charge in [-0.2, -0.15) is 4.31 Å². The van der Waals surface area contributed by atoms with E-state index in [1.165, 1.54) is 4.90 Å². The van der Waals surface area contributed by atoms with Gasteiger partial charge in [-0.1, -0.05) is 48.5 Å². The molecule has 2 aromatic rings. The Morgan fingerprint density at radius 2 is 1.67 bits per heavy atom. The van der Waals surface area contributed by atoms with Crippen molar-refractivity contribution in [3.05, 3.63) is 78.4 Å². The molecule has 0 aromatic heterocycles. The van der Waals surface area contributed by atoms with Crippen LogP contribution in [0.3, 0.4) is 0 Å². The molecule has 1 unspecified atom stereocenters. The fourth-order valence-electron chi connectivity index (χ4n) is 3.15. The quantitative estimate of drug-likeness (QED) is 0.477. The largest absolute Gasteiger partial charge is 0.497 e. The topological polar surface area (TPSA) is 96.0 Å². The number of methoxy groups -OCH3 is 1. The number of amides is 2. The van der Waals surface area contributed by atoms with E-state index in [4.69, 9.17) is 4.74 Å². The number of benzene rings is 2. The molecule has 0 heterocycles. The smallest absolute Gasteiger partial charge is 0.242 e. The lowest BCUT2D eigenvalue weighted by Crippen LogP contribution is -2.51.